The third kappa shape index (κ3) is 2.60. The van der Waals surface area contributed by atoms with E-state index in [-0.39, 0.29) is 0 Å². The van der Waals surface area contributed by atoms with Gasteiger partial charge in [0.15, 0.2) is 0 Å². The van der Waals surface area contributed by atoms with Gasteiger partial charge in [-0.1, -0.05) is 12.1 Å². The molecule has 0 radical (unpaired) electrons. The molecule has 0 amide bonds. The zero-order chi connectivity index (χ0) is 13.8. The van der Waals surface area contributed by atoms with Crippen molar-refractivity contribution in [3.05, 3.63) is 53.9 Å². The number of morpholine rings is 1. The van der Waals surface area contributed by atoms with Gasteiger partial charge >= 0.3 is 0 Å². The van der Waals surface area contributed by atoms with Crippen LogP contribution in [0, 0.1) is 11.3 Å². The number of aromatic nitrogens is 1. The van der Waals surface area contributed by atoms with E-state index < -0.39 is 0 Å². The molecule has 1 fully saturated rings. The van der Waals surface area contributed by atoms with E-state index in [4.69, 9.17) is 4.74 Å². The van der Waals surface area contributed by atoms with E-state index >= 15 is 0 Å². The van der Waals surface area contributed by atoms with Crippen molar-refractivity contribution in [2.24, 2.45) is 0 Å². The molecule has 1 saturated heterocycles. The Morgan fingerprint density at radius 2 is 1.90 bits per heavy atom. The second kappa shape index (κ2) is 5.91. The number of hydrogen-bond acceptors (Lipinski definition) is 3. The molecule has 2 heterocycles. The molecule has 1 aromatic carbocycles. The number of nitrogens with zero attached hydrogens (tertiary/aromatic N) is 3. The lowest BCUT2D eigenvalue weighted by molar-refractivity contribution is 0.0334. The van der Waals surface area contributed by atoms with E-state index in [1.54, 1.807) is 0 Å². The van der Waals surface area contributed by atoms with Gasteiger partial charge in [0.1, 0.15) is 6.07 Å². The highest BCUT2D eigenvalue weighted by molar-refractivity contribution is 5.49. The third-order valence-corrected chi connectivity index (χ3v) is 3.61. The Labute approximate surface area is 118 Å². The third-order valence-electron chi connectivity index (χ3n) is 3.61. The van der Waals surface area contributed by atoms with E-state index in [0.29, 0.717) is 5.56 Å². The smallest absolute Gasteiger partial charge is 0.101 e. The molecule has 102 valence electrons. The molecule has 0 aliphatic carbocycles. The van der Waals surface area contributed by atoms with Gasteiger partial charge in [-0.3, -0.25) is 4.90 Å². The monoisotopic (exact) mass is 267 g/mol. The van der Waals surface area contributed by atoms with Crippen LogP contribution in [0.3, 0.4) is 0 Å². The van der Waals surface area contributed by atoms with Crippen LogP contribution in [0.5, 0.6) is 0 Å². The van der Waals surface area contributed by atoms with Crippen molar-refractivity contribution in [1.29, 1.82) is 5.26 Å². The summed E-state index contributed by atoms with van der Waals surface area (Å²) in [6.07, 6.45) is 2.02. The van der Waals surface area contributed by atoms with E-state index in [9.17, 15) is 5.26 Å². The fourth-order valence-electron chi connectivity index (χ4n) is 2.55. The van der Waals surface area contributed by atoms with Crippen molar-refractivity contribution < 1.29 is 4.74 Å². The number of para-hydroxylation sites is 1. The summed E-state index contributed by atoms with van der Waals surface area (Å²) in [4.78, 5) is 2.38. The first-order chi connectivity index (χ1) is 9.88. The Morgan fingerprint density at radius 1 is 1.10 bits per heavy atom. The number of benzene rings is 1. The predicted octanol–water partition coefficient (Wildman–Crippen LogP) is 2.18. The molecule has 1 aliphatic rings. The van der Waals surface area contributed by atoms with Gasteiger partial charge in [0, 0.05) is 31.5 Å². The molecule has 1 aromatic heterocycles. The van der Waals surface area contributed by atoms with Gasteiger partial charge in [0.05, 0.1) is 24.5 Å². The van der Waals surface area contributed by atoms with E-state index in [0.717, 1.165) is 38.5 Å². The van der Waals surface area contributed by atoms with Crippen molar-refractivity contribution in [3.63, 3.8) is 0 Å². The second-order valence-electron chi connectivity index (χ2n) is 4.89. The van der Waals surface area contributed by atoms with Crippen LogP contribution in [0.25, 0.3) is 5.69 Å². The number of ether oxygens (including phenoxy) is 1. The number of hydrogen-bond donors (Lipinski definition) is 0. The maximum absolute atomic E-state index is 9.24. The molecule has 4 nitrogen and oxygen atoms in total. The minimum absolute atomic E-state index is 0.701. The van der Waals surface area contributed by atoms with E-state index in [1.807, 2.05) is 36.5 Å². The summed E-state index contributed by atoms with van der Waals surface area (Å²) in [7, 11) is 0. The normalized spacial score (nSPS) is 15.9. The van der Waals surface area contributed by atoms with Gasteiger partial charge in [0.25, 0.3) is 0 Å². The zero-order valence-corrected chi connectivity index (χ0v) is 11.3. The van der Waals surface area contributed by atoms with Gasteiger partial charge in [-0.25, -0.2) is 0 Å². The van der Waals surface area contributed by atoms with E-state index in [1.165, 1.54) is 5.69 Å². The lowest BCUT2D eigenvalue weighted by atomic mass is 10.2. The molecule has 2 aromatic rings. The van der Waals surface area contributed by atoms with Crippen molar-refractivity contribution in [3.8, 4) is 11.8 Å². The molecule has 0 unspecified atom stereocenters. The molecule has 0 atom stereocenters. The Morgan fingerprint density at radius 3 is 2.70 bits per heavy atom. The van der Waals surface area contributed by atoms with Crippen molar-refractivity contribution in [1.82, 2.24) is 9.47 Å². The first-order valence-electron chi connectivity index (χ1n) is 6.84. The topological polar surface area (TPSA) is 41.2 Å². The summed E-state index contributed by atoms with van der Waals surface area (Å²) in [5.41, 5.74) is 2.85. The molecule has 3 rings (SSSR count). The summed E-state index contributed by atoms with van der Waals surface area (Å²) < 4.78 is 7.48. The zero-order valence-electron chi connectivity index (χ0n) is 11.3. The van der Waals surface area contributed by atoms with Crippen molar-refractivity contribution >= 4 is 0 Å². The Kier molecular flexibility index (Phi) is 3.82. The highest BCUT2D eigenvalue weighted by Crippen LogP contribution is 2.18. The fourth-order valence-corrected chi connectivity index (χ4v) is 2.55. The summed E-state index contributed by atoms with van der Waals surface area (Å²) in [5.74, 6) is 0. The molecule has 4 heteroatoms. The minimum atomic E-state index is 0.701. The summed E-state index contributed by atoms with van der Waals surface area (Å²) in [5, 5.41) is 9.24. The summed E-state index contributed by atoms with van der Waals surface area (Å²) in [6.45, 7) is 4.41. The molecular weight excluding hydrogens is 250 g/mol. The second-order valence-corrected chi connectivity index (χ2v) is 4.89. The standard InChI is InChI=1S/C16H17N3O/c17-12-14-4-1-2-6-16(14)19-7-3-5-15(19)13-18-8-10-20-11-9-18/h1-7H,8-11,13H2. The van der Waals surface area contributed by atoms with Crippen LogP contribution in [-0.4, -0.2) is 35.8 Å². The largest absolute Gasteiger partial charge is 0.379 e. The van der Waals surface area contributed by atoms with Gasteiger partial charge in [-0.2, -0.15) is 5.26 Å². The van der Waals surface area contributed by atoms with Crippen LogP contribution < -0.4 is 0 Å². The van der Waals surface area contributed by atoms with Crippen LogP contribution in [0.15, 0.2) is 42.6 Å². The Bertz CT molecular complexity index is 621. The highest BCUT2D eigenvalue weighted by Gasteiger charge is 2.14. The molecular formula is C16H17N3O. The van der Waals surface area contributed by atoms with Gasteiger partial charge in [-0.15, -0.1) is 0 Å². The average Bonchev–Trinajstić information content (AvgIpc) is 2.96. The predicted molar refractivity (Wildman–Crippen MR) is 76.6 cm³/mol. The first kappa shape index (κ1) is 12.9. The molecule has 0 bridgehead atoms. The van der Waals surface area contributed by atoms with Crippen LogP contribution in [0.2, 0.25) is 0 Å². The Balaban J connectivity index is 1.88. The maximum Gasteiger partial charge on any atom is 0.101 e. The summed E-state index contributed by atoms with van der Waals surface area (Å²) >= 11 is 0. The molecule has 0 saturated carbocycles. The SMILES string of the molecule is N#Cc1ccccc1-n1cccc1CN1CCOCC1. The van der Waals surface area contributed by atoms with Gasteiger partial charge in [0.2, 0.25) is 0 Å². The Hall–Kier alpha value is -2.09. The highest BCUT2D eigenvalue weighted by atomic mass is 16.5. The fraction of sp³-hybridized carbons (Fsp3) is 0.312. The van der Waals surface area contributed by atoms with Gasteiger partial charge < -0.3 is 9.30 Å². The first-order valence-corrected chi connectivity index (χ1v) is 6.84. The number of rotatable bonds is 3. The van der Waals surface area contributed by atoms with E-state index in [2.05, 4.69) is 21.6 Å². The average molecular weight is 267 g/mol. The summed E-state index contributed by atoms with van der Waals surface area (Å²) in [6, 6.07) is 14.1. The lowest BCUT2D eigenvalue weighted by Gasteiger charge is -2.27. The van der Waals surface area contributed by atoms with Crippen LogP contribution in [0.4, 0.5) is 0 Å². The minimum Gasteiger partial charge on any atom is -0.379 e. The van der Waals surface area contributed by atoms with Gasteiger partial charge in [-0.05, 0) is 24.3 Å². The maximum atomic E-state index is 9.24. The molecule has 20 heavy (non-hydrogen) atoms. The van der Waals surface area contributed by atoms with Crippen LogP contribution in [-0.2, 0) is 11.3 Å². The van der Waals surface area contributed by atoms with Crippen LogP contribution >= 0.6 is 0 Å². The quantitative estimate of drug-likeness (QED) is 0.856. The van der Waals surface area contributed by atoms with Crippen LogP contribution in [0.1, 0.15) is 11.3 Å². The molecule has 0 spiro atoms. The molecule has 1 aliphatic heterocycles. The van der Waals surface area contributed by atoms with Crippen molar-refractivity contribution in [2.45, 2.75) is 6.54 Å². The molecule has 0 N–H and O–H groups in total. The van der Waals surface area contributed by atoms with Crippen molar-refractivity contribution in [2.75, 3.05) is 26.3 Å². The lowest BCUT2D eigenvalue weighted by Crippen LogP contribution is -2.36. The number of nitriles is 1.